The molecule has 2 heterocycles. The van der Waals surface area contributed by atoms with Crippen LogP contribution in [-0.4, -0.2) is 48.9 Å². The highest BCUT2D eigenvalue weighted by atomic mass is 79.9. The summed E-state index contributed by atoms with van der Waals surface area (Å²) < 4.78 is 0.941. The highest BCUT2D eigenvalue weighted by Gasteiger charge is 2.34. The zero-order chi connectivity index (χ0) is 16.9. The Bertz CT molecular complexity index is 590. The second-order valence-corrected chi connectivity index (χ2v) is 7.54. The summed E-state index contributed by atoms with van der Waals surface area (Å²) in [7, 11) is 0. The van der Waals surface area contributed by atoms with Gasteiger partial charge < -0.3 is 15.5 Å². The van der Waals surface area contributed by atoms with Crippen LogP contribution in [-0.2, 0) is 4.79 Å². The smallest absolute Gasteiger partial charge is 0.254 e. The molecular formula is C18H25BrClN3O2. The van der Waals surface area contributed by atoms with Crippen molar-refractivity contribution in [2.24, 2.45) is 5.92 Å². The largest absolute Gasteiger partial charge is 0.354 e. The molecule has 3 rings (SSSR count). The molecule has 25 heavy (non-hydrogen) atoms. The first-order chi connectivity index (χ1) is 11.6. The third-order valence-electron chi connectivity index (χ3n) is 4.87. The molecule has 1 aromatic rings. The Morgan fingerprint density at radius 3 is 2.64 bits per heavy atom. The first-order valence-electron chi connectivity index (χ1n) is 8.70. The van der Waals surface area contributed by atoms with Gasteiger partial charge >= 0.3 is 0 Å². The van der Waals surface area contributed by atoms with Crippen molar-refractivity contribution in [3.63, 3.8) is 0 Å². The van der Waals surface area contributed by atoms with E-state index in [0.717, 1.165) is 43.2 Å². The lowest BCUT2D eigenvalue weighted by atomic mass is 9.99. The van der Waals surface area contributed by atoms with E-state index >= 15 is 0 Å². The zero-order valence-corrected chi connectivity index (χ0v) is 16.6. The molecule has 0 spiro atoms. The van der Waals surface area contributed by atoms with Gasteiger partial charge in [-0.25, -0.2) is 0 Å². The minimum Gasteiger partial charge on any atom is -0.354 e. The van der Waals surface area contributed by atoms with Crippen LogP contribution in [0.2, 0.25) is 0 Å². The molecule has 1 aromatic carbocycles. The van der Waals surface area contributed by atoms with Crippen LogP contribution in [0, 0.1) is 5.92 Å². The minimum atomic E-state index is -0.335. The van der Waals surface area contributed by atoms with Gasteiger partial charge in [0.2, 0.25) is 5.91 Å². The fraction of sp³-hybridized carbons (Fsp3) is 0.556. The van der Waals surface area contributed by atoms with Crippen molar-refractivity contribution in [3.8, 4) is 0 Å². The molecule has 7 heteroatoms. The molecule has 0 bridgehead atoms. The Hall–Kier alpha value is -1.11. The van der Waals surface area contributed by atoms with E-state index in [-0.39, 0.29) is 30.3 Å². The molecule has 2 N–H and O–H groups in total. The summed E-state index contributed by atoms with van der Waals surface area (Å²) in [5.41, 5.74) is 0.634. The van der Waals surface area contributed by atoms with Gasteiger partial charge in [0.1, 0.15) is 6.04 Å². The van der Waals surface area contributed by atoms with Crippen molar-refractivity contribution >= 4 is 40.2 Å². The number of nitrogens with zero attached hydrogens (tertiary/aromatic N) is 1. The predicted octanol–water partition coefficient (Wildman–Crippen LogP) is 2.59. The van der Waals surface area contributed by atoms with Crippen LogP contribution < -0.4 is 10.6 Å². The second kappa shape index (κ2) is 9.55. The molecule has 0 aliphatic carbocycles. The molecule has 2 atom stereocenters. The van der Waals surface area contributed by atoms with Crippen molar-refractivity contribution in [1.29, 1.82) is 0 Å². The average molecular weight is 431 g/mol. The monoisotopic (exact) mass is 429 g/mol. The number of rotatable bonds is 4. The van der Waals surface area contributed by atoms with E-state index in [1.807, 2.05) is 12.1 Å². The predicted molar refractivity (Wildman–Crippen MR) is 104 cm³/mol. The summed E-state index contributed by atoms with van der Waals surface area (Å²) in [6.45, 7) is 3.38. The number of likely N-dealkylation sites (tertiary alicyclic amines) is 1. The third kappa shape index (κ3) is 5.19. The highest BCUT2D eigenvalue weighted by Crippen LogP contribution is 2.21. The van der Waals surface area contributed by atoms with Gasteiger partial charge in [0.05, 0.1) is 0 Å². The molecule has 2 aliphatic heterocycles. The van der Waals surface area contributed by atoms with Crippen LogP contribution in [0.25, 0.3) is 0 Å². The fourth-order valence-corrected chi connectivity index (χ4v) is 3.77. The van der Waals surface area contributed by atoms with Crippen LogP contribution in [0.5, 0.6) is 0 Å². The second-order valence-electron chi connectivity index (χ2n) is 6.62. The topological polar surface area (TPSA) is 61.4 Å². The molecule has 0 aromatic heterocycles. The van der Waals surface area contributed by atoms with E-state index in [1.165, 1.54) is 0 Å². The number of carbonyl (C=O) groups is 2. The summed E-state index contributed by atoms with van der Waals surface area (Å²) >= 11 is 3.38. The number of piperidine rings is 1. The van der Waals surface area contributed by atoms with Gasteiger partial charge in [-0.1, -0.05) is 15.9 Å². The van der Waals surface area contributed by atoms with Gasteiger partial charge in [-0.2, -0.15) is 0 Å². The van der Waals surface area contributed by atoms with Crippen LogP contribution >= 0.6 is 28.3 Å². The van der Waals surface area contributed by atoms with Crippen molar-refractivity contribution in [2.75, 3.05) is 26.2 Å². The number of halogens is 2. The molecule has 2 fully saturated rings. The molecule has 2 amide bonds. The van der Waals surface area contributed by atoms with Gasteiger partial charge in [-0.3, -0.25) is 9.59 Å². The van der Waals surface area contributed by atoms with E-state index in [9.17, 15) is 9.59 Å². The Morgan fingerprint density at radius 2 is 1.96 bits per heavy atom. The molecule has 0 radical (unpaired) electrons. The summed E-state index contributed by atoms with van der Waals surface area (Å²) in [6.07, 6.45) is 3.94. The lowest BCUT2D eigenvalue weighted by Crippen LogP contribution is -2.48. The minimum absolute atomic E-state index is 0. The first-order valence-corrected chi connectivity index (χ1v) is 9.49. The number of amides is 2. The normalized spacial score (nSPS) is 23.0. The molecule has 2 saturated heterocycles. The van der Waals surface area contributed by atoms with E-state index in [4.69, 9.17) is 0 Å². The molecule has 0 saturated carbocycles. The molecule has 5 nitrogen and oxygen atoms in total. The number of nitrogens with one attached hydrogen (secondary N) is 2. The standard InChI is InChI=1S/C18H24BrN3O2.ClH/c19-15-7-5-14(6-8-15)18(24)22-10-2-4-16(22)17(23)21-12-13-3-1-9-20-11-13;/h5-8,13,16,20H,1-4,9-12H2,(H,21,23);1H. The first kappa shape index (κ1) is 20.2. The number of hydrogen-bond donors (Lipinski definition) is 2. The van der Waals surface area contributed by atoms with Crippen molar-refractivity contribution in [3.05, 3.63) is 34.3 Å². The highest BCUT2D eigenvalue weighted by molar-refractivity contribution is 9.10. The number of hydrogen-bond acceptors (Lipinski definition) is 3. The maximum absolute atomic E-state index is 12.7. The number of benzene rings is 1. The van der Waals surface area contributed by atoms with E-state index in [2.05, 4.69) is 26.6 Å². The molecule has 2 aliphatic rings. The third-order valence-corrected chi connectivity index (χ3v) is 5.40. The van der Waals surface area contributed by atoms with Crippen LogP contribution in [0.4, 0.5) is 0 Å². The van der Waals surface area contributed by atoms with E-state index in [1.54, 1.807) is 17.0 Å². The SMILES string of the molecule is Cl.O=C(NCC1CCCNC1)C1CCCN1C(=O)c1ccc(Br)cc1. The molecule has 138 valence electrons. The lowest BCUT2D eigenvalue weighted by Gasteiger charge is -2.26. The summed E-state index contributed by atoms with van der Waals surface area (Å²) in [5.74, 6) is 0.433. The maximum atomic E-state index is 12.7. The fourth-order valence-electron chi connectivity index (χ4n) is 3.50. The Labute approximate surface area is 163 Å². The van der Waals surface area contributed by atoms with Gasteiger partial charge in [0, 0.05) is 23.1 Å². The van der Waals surface area contributed by atoms with Crippen LogP contribution in [0.1, 0.15) is 36.0 Å². The average Bonchev–Trinajstić information content (AvgIpc) is 3.10. The van der Waals surface area contributed by atoms with Crippen molar-refractivity contribution < 1.29 is 9.59 Å². The quantitative estimate of drug-likeness (QED) is 0.772. The summed E-state index contributed by atoms with van der Waals surface area (Å²) in [6, 6.07) is 6.97. The summed E-state index contributed by atoms with van der Waals surface area (Å²) in [5, 5.41) is 6.42. The molecular weight excluding hydrogens is 406 g/mol. The maximum Gasteiger partial charge on any atom is 0.254 e. The lowest BCUT2D eigenvalue weighted by molar-refractivity contribution is -0.125. The Kier molecular flexibility index (Phi) is 7.72. The van der Waals surface area contributed by atoms with Crippen molar-refractivity contribution in [2.45, 2.75) is 31.7 Å². The van der Waals surface area contributed by atoms with Gasteiger partial charge in [0.15, 0.2) is 0 Å². The van der Waals surface area contributed by atoms with Gasteiger partial charge in [-0.15, -0.1) is 12.4 Å². The Balaban J connectivity index is 0.00000225. The van der Waals surface area contributed by atoms with Gasteiger partial charge in [-0.05, 0) is 69.0 Å². The van der Waals surface area contributed by atoms with Crippen LogP contribution in [0.3, 0.4) is 0 Å². The Morgan fingerprint density at radius 1 is 1.20 bits per heavy atom. The van der Waals surface area contributed by atoms with E-state index < -0.39 is 0 Å². The van der Waals surface area contributed by atoms with E-state index in [0.29, 0.717) is 24.6 Å². The zero-order valence-electron chi connectivity index (χ0n) is 14.2. The van der Waals surface area contributed by atoms with Gasteiger partial charge in [0.25, 0.3) is 5.91 Å². The number of carbonyl (C=O) groups excluding carboxylic acids is 2. The van der Waals surface area contributed by atoms with Crippen molar-refractivity contribution in [1.82, 2.24) is 15.5 Å². The summed E-state index contributed by atoms with van der Waals surface area (Å²) in [4.78, 5) is 27.0. The molecule has 2 unspecified atom stereocenters. The van der Waals surface area contributed by atoms with Crippen LogP contribution in [0.15, 0.2) is 28.7 Å².